The van der Waals surface area contributed by atoms with Gasteiger partial charge in [-0.15, -0.1) is 11.3 Å². The average molecular weight is 324 g/mol. The first-order valence-electron chi connectivity index (χ1n) is 6.29. The van der Waals surface area contributed by atoms with E-state index in [1.54, 1.807) is 11.3 Å². The van der Waals surface area contributed by atoms with Crippen LogP contribution in [0, 0.1) is 0 Å². The molecule has 0 aliphatic heterocycles. The van der Waals surface area contributed by atoms with E-state index in [0.29, 0.717) is 5.69 Å². The van der Waals surface area contributed by atoms with Crippen molar-refractivity contribution in [3.8, 4) is 10.6 Å². The van der Waals surface area contributed by atoms with E-state index in [-0.39, 0.29) is 12.3 Å². The third-order valence-electron chi connectivity index (χ3n) is 3.39. The molecular formula is C14H16N2O3S2. The van der Waals surface area contributed by atoms with Crippen molar-refractivity contribution in [2.75, 3.05) is 7.05 Å². The fraction of sp³-hybridized carbons (Fsp3) is 0.357. The van der Waals surface area contributed by atoms with Crippen LogP contribution in [0.3, 0.4) is 0 Å². The van der Waals surface area contributed by atoms with E-state index in [9.17, 15) is 9.59 Å². The zero-order valence-corrected chi connectivity index (χ0v) is 13.6. The van der Waals surface area contributed by atoms with Gasteiger partial charge in [-0.25, -0.2) is 9.78 Å². The zero-order valence-electron chi connectivity index (χ0n) is 12.0. The number of thiophene rings is 1. The number of hydrogen-bond acceptors (Lipinski definition) is 5. The van der Waals surface area contributed by atoms with Gasteiger partial charge in [0.2, 0.25) is 5.91 Å². The maximum atomic E-state index is 12.2. The summed E-state index contributed by atoms with van der Waals surface area (Å²) in [7, 11) is 1.50. The highest BCUT2D eigenvalue weighted by Crippen LogP contribution is 2.26. The van der Waals surface area contributed by atoms with Crippen LogP contribution in [0.15, 0.2) is 22.2 Å². The third kappa shape index (κ3) is 3.30. The highest BCUT2D eigenvalue weighted by Gasteiger charge is 2.35. The molecule has 0 saturated carbocycles. The number of nitrogens with zero attached hydrogens (tertiary/aromatic N) is 2. The van der Waals surface area contributed by atoms with Gasteiger partial charge < -0.3 is 10.0 Å². The standard InChI is InChI=1S/C14H16N2O3S2/c1-14(2,13(18)19)16(3)11(17)6-10-8-21-12(15-10)9-4-5-20-7-9/h4-5,7-8H,6H2,1-3H3,(H,18,19). The van der Waals surface area contributed by atoms with E-state index >= 15 is 0 Å². The molecule has 0 aliphatic carbocycles. The summed E-state index contributed by atoms with van der Waals surface area (Å²) in [5.41, 5.74) is 0.477. The van der Waals surface area contributed by atoms with E-state index in [0.717, 1.165) is 10.6 Å². The highest BCUT2D eigenvalue weighted by molar-refractivity contribution is 7.14. The molecule has 0 spiro atoms. The van der Waals surface area contributed by atoms with Crippen molar-refractivity contribution in [2.45, 2.75) is 25.8 Å². The fourth-order valence-electron chi connectivity index (χ4n) is 1.64. The summed E-state index contributed by atoms with van der Waals surface area (Å²) in [6.07, 6.45) is 0.105. The Labute approximate surface area is 130 Å². The molecule has 1 amide bonds. The Balaban J connectivity index is 2.08. The van der Waals surface area contributed by atoms with E-state index in [1.165, 1.54) is 37.1 Å². The number of carbonyl (C=O) groups is 2. The molecule has 0 radical (unpaired) electrons. The van der Waals surface area contributed by atoms with Crippen LogP contribution in [0.4, 0.5) is 0 Å². The molecule has 0 bridgehead atoms. The van der Waals surface area contributed by atoms with Crippen LogP contribution in [0.5, 0.6) is 0 Å². The van der Waals surface area contributed by atoms with Gasteiger partial charge in [-0.3, -0.25) is 4.79 Å². The second-order valence-corrected chi connectivity index (χ2v) is 6.79. The Morgan fingerprint density at radius 3 is 2.67 bits per heavy atom. The molecule has 2 heterocycles. The Bertz CT molecular complexity index is 647. The normalized spacial score (nSPS) is 11.4. The topological polar surface area (TPSA) is 70.5 Å². The first-order valence-corrected chi connectivity index (χ1v) is 8.11. The third-order valence-corrected chi connectivity index (χ3v) is 5.01. The van der Waals surface area contributed by atoms with Gasteiger partial charge in [0.05, 0.1) is 12.1 Å². The smallest absolute Gasteiger partial charge is 0.329 e. The van der Waals surface area contributed by atoms with E-state index in [1.807, 2.05) is 22.2 Å². The lowest BCUT2D eigenvalue weighted by Gasteiger charge is -2.31. The molecular weight excluding hydrogens is 308 g/mol. The maximum absolute atomic E-state index is 12.2. The summed E-state index contributed by atoms with van der Waals surface area (Å²) >= 11 is 3.08. The lowest BCUT2D eigenvalue weighted by Crippen LogP contribution is -2.51. The number of rotatable bonds is 5. The van der Waals surface area contributed by atoms with Crippen molar-refractivity contribution in [3.63, 3.8) is 0 Å². The minimum atomic E-state index is -1.23. The minimum absolute atomic E-state index is 0.105. The van der Waals surface area contributed by atoms with E-state index in [2.05, 4.69) is 4.98 Å². The largest absolute Gasteiger partial charge is 0.480 e. The van der Waals surface area contributed by atoms with Gasteiger partial charge in [0.15, 0.2) is 0 Å². The molecule has 0 saturated heterocycles. The lowest BCUT2D eigenvalue weighted by molar-refractivity contribution is -0.155. The molecule has 2 aromatic heterocycles. The van der Waals surface area contributed by atoms with Crippen LogP contribution >= 0.6 is 22.7 Å². The van der Waals surface area contributed by atoms with Crippen molar-refractivity contribution >= 4 is 34.6 Å². The first-order chi connectivity index (χ1) is 9.82. The van der Waals surface area contributed by atoms with Crippen LogP contribution in [0.1, 0.15) is 19.5 Å². The van der Waals surface area contributed by atoms with Crippen LogP contribution in [0.25, 0.3) is 10.6 Å². The number of carboxylic acids is 1. The van der Waals surface area contributed by atoms with E-state index in [4.69, 9.17) is 5.11 Å². The maximum Gasteiger partial charge on any atom is 0.329 e. The lowest BCUT2D eigenvalue weighted by atomic mass is 10.0. The predicted octanol–water partition coefficient (Wildman–Crippen LogP) is 2.74. The summed E-state index contributed by atoms with van der Waals surface area (Å²) in [5, 5.41) is 15.8. The molecule has 0 unspecified atom stereocenters. The predicted molar refractivity (Wildman–Crippen MR) is 83.6 cm³/mol. The van der Waals surface area contributed by atoms with Gasteiger partial charge in [-0.05, 0) is 25.3 Å². The second-order valence-electron chi connectivity index (χ2n) is 5.15. The molecule has 0 fully saturated rings. The summed E-state index contributed by atoms with van der Waals surface area (Å²) in [6.45, 7) is 3.01. The van der Waals surface area contributed by atoms with Crippen LogP contribution in [0.2, 0.25) is 0 Å². The molecule has 7 heteroatoms. The van der Waals surface area contributed by atoms with Gasteiger partial charge in [0.25, 0.3) is 0 Å². The van der Waals surface area contributed by atoms with Gasteiger partial charge in [0.1, 0.15) is 10.5 Å². The van der Waals surface area contributed by atoms with Gasteiger partial charge in [-0.1, -0.05) is 0 Å². The molecule has 1 N–H and O–H groups in total. The molecule has 2 rings (SSSR count). The Kier molecular flexibility index (Phi) is 4.43. The molecule has 112 valence electrons. The van der Waals surface area contributed by atoms with Crippen molar-refractivity contribution in [2.24, 2.45) is 0 Å². The van der Waals surface area contributed by atoms with Crippen molar-refractivity contribution < 1.29 is 14.7 Å². The first kappa shape index (κ1) is 15.7. The Hall–Kier alpha value is -1.73. The molecule has 0 aromatic carbocycles. The SMILES string of the molecule is CN(C(=O)Cc1csc(-c2ccsc2)n1)C(C)(C)C(=O)O. The van der Waals surface area contributed by atoms with Crippen LogP contribution in [-0.2, 0) is 16.0 Å². The summed E-state index contributed by atoms with van der Waals surface area (Å²) in [5.74, 6) is -1.29. The van der Waals surface area contributed by atoms with Gasteiger partial charge in [-0.2, -0.15) is 11.3 Å². The Morgan fingerprint density at radius 2 is 2.10 bits per heavy atom. The second kappa shape index (κ2) is 5.95. The van der Waals surface area contributed by atoms with E-state index < -0.39 is 11.5 Å². The molecule has 2 aromatic rings. The zero-order chi connectivity index (χ0) is 15.6. The molecule has 0 aliphatic rings. The number of carboxylic acid groups (broad SMARTS) is 1. The Morgan fingerprint density at radius 1 is 1.38 bits per heavy atom. The number of likely N-dealkylation sites (N-methyl/N-ethyl adjacent to an activating group) is 1. The summed E-state index contributed by atoms with van der Waals surface area (Å²) < 4.78 is 0. The van der Waals surface area contributed by atoms with Crippen molar-refractivity contribution in [1.82, 2.24) is 9.88 Å². The highest BCUT2D eigenvalue weighted by atomic mass is 32.1. The van der Waals surface area contributed by atoms with Gasteiger partial charge in [0, 0.05) is 23.4 Å². The average Bonchev–Trinajstić information content (AvgIpc) is 3.07. The molecule has 0 atom stereocenters. The summed E-state index contributed by atoms with van der Waals surface area (Å²) in [6, 6.07) is 1.98. The van der Waals surface area contributed by atoms with Crippen molar-refractivity contribution in [1.29, 1.82) is 0 Å². The molecule has 5 nitrogen and oxygen atoms in total. The number of thiazole rings is 1. The van der Waals surface area contributed by atoms with Crippen molar-refractivity contribution in [3.05, 3.63) is 27.9 Å². The quantitative estimate of drug-likeness (QED) is 0.918. The number of hydrogen-bond donors (Lipinski definition) is 1. The summed E-state index contributed by atoms with van der Waals surface area (Å²) in [4.78, 5) is 29.0. The monoisotopic (exact) mass is 324 g/mol. The number of amides is 1. The number of aromatic nitrogens is 1. The fourth-order valence-corrected chi connectivity index (χ4v) is 3.17. The van der Waals surface area contributed by atoms with Gasteiger partial charge >= 0.3 is 5.97 Å². The van der Waals surface area contributed by atoms with Crippen LogP contribution < -0.4 is 0 Å². The van der Waals surface area contributed by atoms with Crippen LogP contribution in [-0.4, -0.2) is 39.5 Å². The minimum Gasteiger partial charge on any atom is -0.480 e. The number of carbonyl (C=O) groups excluding carboxylic acids is 1. The molecule has 21 heavy (non-hydrogen) atoms. The number of aliphatic carboxylic acids is 1.